The summed E-state index contributed by atoms with van der Waals surface area (Å²) in [6.07, 6.45) is 0. The molecule has 1 aromatic heterocycles. The highest BCUT2D eigenvalue weighted by Crippen LogP contribution is 2.08. The van der Waals surface area contributed by atoms with E-state index >= 15 is 0 Å². The number of alkyl halides is 1. The Hall–Kier alpha value is -0.210. The van der Waals surface area contributed by atoms with Crippen LogP contribution in [0.5, 0.6) is 0 Å². The molecule has 4 heteroatoms. The third-order valence-corrected chi connectivity index (χ3v) is 1.48. The normalized spacial score (nSPS) is 10.1. The van der Waals surface area contributed by atoms with E-state index in [4.69, 9.17) is 23.2 Å². The summed E-state index contributed by atoms with van der Waals surface area (Å²) in [4.78, 5) is 0. The van der Waals surface area contributed by atoms with Crippen molar-refractivity contribution in [2.45, 2.75) is 12.9 Å². The van der Waals surface area contributed by atoms with Crippen molar-refractivity contribution in [2.24, 2.45) is 0 Å². The van der Waals surface area contributed by atoms with Crippen LogP contribution in [0, 0.1) is 6.92 Å². The molecule has 0 bridgehead atoms. The topological polar surface area (TPSA) is 17.8 Å². The van der Waals surface area contributed by atoms with E-state index in [0.29, 0.717) is 11.2 Å². The molecule has 0 radical (unpaired) electrons. The van der Waals surface area contributed by atoms with Crippen LogP contribution in [0.4, 0.5) is 0 Å². The van der Waals surface area contributed by atoms with Gasteiger partial charge in [-0.05, 0) is 13.0 Å². The fourth-order valence-electron chi connectivity index (χ4n) is 0.591. The maximum Gasteiger partial charge on any atom is 0.151 e. The maximum absolute atomic E-state index is 5.55. The Kier molecular flexibility index (Phi) is 1.98. The summed E-state index contributed by atoms with van der Waals surface area (Å²) >= 11 is 11.0. The molecule has 0 aliphatic carbocycles. The fraction of sp³-hybridized carbons (Fsp3) is 0.400. The lowest BCUT2D eigenvalue weighted by Gasteiger charge is -1.93. The highest BCUT2D eigenvalue weighted by Gasteiger charge is 1.97. The highest BCUT2D eigenvalue weighted by atomic mass is 35.5. The molecule has 2 nitrogen and oxygen atoms in total. The van der Waals surface area contributed by atoms with E-state index in [1.165, 1.54) is 0 Å². The van der Waals surface area contributed by atoms with Gasteiger partial charge in [-0.25, -0.2) is 0 Å². The lowest BCUT2D eigenvalue weighted by Crippen LogP contribution is -1.95. The second-order valence-corrected chi connectivity index (χ2v) is 2.35. The average Bonchev–Trinajstić information content (AvgIpc) is 2.10. The molecule has 1 rings (SSSR count). The Morgan fingerprint density at radius 1 is 1.78 bits per heavy atom. The molecule has 0 atom stereocenters. The van der Waals surface area contributed by atoms with Gasteiger partial charge in [-0.1, -0.05) is 11.6 Å². The van der Waals surface area contributed by atoms with Crippen LogP contribution in [0.3, 0.4) is 0 Å². The van der Waals surface area contributed by atoms with Gasteiger partial charge in [0.2, 0.25) is 0 Å². The Labute approximate surface area is 63.4 Å². The summed E-state index contributed by atoms with van der Waals surface area (Å²) in [6.45, 7) is 1.90. The molecule has 0 aromatic carbocycles. The standard InChI is InChI=1S/C5H6Cl2N2/c1-4-2-5(7)8-9(4)3-6/h2H,3H2,1H3. The molecule has 0 saturated carbocycles. The minimum absolute atomic E-state index is 0.360. The van der Waals surface area contributed by atoms with E-state index in [2.05, 4.69) is 5.10 Å². The number of nitrogens with zero attached hydrogens (tertiary/aromatic N) is 2. The zero-order valence-electron chi connectivity index (χ0n) is 4.93. The van der Waals surface area contributed by atoms with Crippen LogP contribution < -0.4 is 0 Å². The van der Waals surface area contributed by atoms with Crippen LogP contribution in [0.1, 0.15) is 5.69 Å². The monoisotopic (exact) mass is 164 g/mol. The molecule has 0 fully saturated rings. The summed E-state index contributed by atoms with van der Waals surface area (Å²) in [6, 6.07) is 2.13. The minimum Gasteiger partial charge on any atom is -0.253 e. The molecule has 9 heavy (non-hydrogen) atoms. The van der Waals surface area contributed by atoms with Gasteiger partial charge in [-0.15, -0.1) is 11.6 Å². The largest absolute Gasteiger partial charge is 0.253 e. The molecule has 0 amide bonds. The first kappa shape index (κ1) is 6.90. The van der Waals surface area contributed by atoms with Gasteiger partial charge in [0.1, 0.15) is 6.00 Å². The Balaban J connectivity index is 3.01. The predicted octanol–water partition coefficient (Wildman–Crippen LogP) is 2.04. The van der Waals surface area contributed by atoms with Gasteiger partial charge in [0.15, 0.2) is 5.15 Å². The maximum atomic E-state index is 5.55. The van der Waals surface area contributed by atoms with Crippen molar-refractivity contribution < 1.29 is 0 Å². The molecule has 1 aromatic rings. The van der Waals surface area contributed by atoms with Gasteiger partial charge in [0.05, 0.1) is 0 Å². The lowest BCUT2D eigenvalue weighted by molar-refractivity contribution is 0.718. The number of hydrogen-bond donors (Lipinski definition) is 0. The second-order valence-electron chi connectivity index (χ2n) is 1.73. The summed E-state index contributed by atoms with van der Waals surface area (Å²) < 4.78 is 1.63. The molecule has 0 aliphatic heterocycles. The van der Waals surface area contributed by atoms with E-state index in [-0.39, 0.29) is 0 Å². The van der Waals surface area contributed by atoms with E-state index in [1.54, 1.807) is 10.7 Å². The molecular formula is C5H6Cl2N2. The van der Waals surface area contributed by atoms with E-state index in [0.717, 1.165) is 5.69 Å². The highest BCUT2D eigenvalue weighted by molar-refractivity contribution is 6.29. The Morgan fingerprint density at radius 3 is 2.67 bits per heavy atom. The number of aromatic nitrogens is 2. The number of aryl methyl sites for hydroxylation is 1. The van der Waals surface area contributed by atoms with Gasteiger partial charge < -0.3 is 0 Å². The van der Waals surface area contributed by atoms with Gasteiger partial charge in [0.25, 0.3) is 0 Å². The zero-order chi connectivity index (χ0) is 6.85. The van der Waals surface area contributed by atoms with Crippen LogP contribution in [0.15, 0.2) is 6.07 Å². The van der Waals surface area contributed by atoms with Crippen molar-refractivity contribution in [3.8, 4) is 0 Å². The van der Waals surface area contributed by atoms with Gasteiger partial charge in [-0.3, -0.25) is 4.68 Å². The van der Waals surface area contributed by atoms with Crippen LogP contribution in [0.2, 0.25) is 5.15 Å². The van der Waals surface area contributed by atoms with Crippen molar-refractivity contribution in [2.75, 3.05) is 0 Å². The number of halogens is 2. The predicted molar refractivity (Wildman–Crippen MR) is 37.8 cm³/mol. The van der Waals surface area contributed by atoms with Gasteiger partial charge in [0, 0.05) is 5.69 Å². The van der Waals surface area contributed by atoms with Gasteiger partial charge >= 0.3 is 0 Å². The number of rotatable bonds is 1. The molecule has 50 valence electrons. The molecule has 1 heterocycles. The van der Waals surface area contributed by atoms with Crippen molar-refractivity contribution in [3.63, 3.8) is 0 Å². The van der Waals surface area contributed by atoms with Crippen molar-refractivity contribution in [1.29, 1.82) is 0 Å². The lowest BCUT2D eigenvalue weighted by atomic mass is 10.5. The zero-order valence-corrected chi connectivity index (χ0v) is 6.45. The van der Waals surface area contributed by atoms with Crippen molar-refractivity contribution >= 4 is 23.2 Å². The van der Waals surface area contributed by atoms with Crippen LogP contribution >= 0.6 is 23.2 Å². The molecule has 0 aliphatic rings. The third-order valence-electron chi connectivity index (χ3n) is 1.06. The van der Waals surface area contributed by atoms with Crippen LogP contribution in [-0.2, 0) is 6.00 Å². The fourth-order valence-corrected chi connectivity index (χ4v) is 1.08. The summed E-state index contributed by atoms with van der Waals surface area (Å²) in [5.74, 6) is 0. The van der Waals surface area contributed by atoms with E-state index in [9.17, 15) is 0 Å². The third kappa shape index (κ3) is 1.37. The first-order valence-electron chi connectivity index (χ1n) is 2.50. The smallest absolute Gasteiger partial charge is 0.151 e. The molecule has 0 saturated heterocycles. The molecule has 0 unspecified atom stereocenters. The second kappa shape index (κ2) is 2.58. The molecule has 0 N–H and O–H groups in total. The average molecular weight is 165 g/mol. The summed E-state index contributed by atoms with van der Waals surface area (Å²) in [5.41, 5.74) is 0.981. The van der Waals surface area contributed by atoms with Crippen molar-refractivity contribution in [1.82, 2.24) is 9.78 Å². The van der Waals surface area contributed by atoms with E-state index in [1.807, 2.05) is 6.92 Å². The van der Waals surface area contributed by atoms with Crippen molar-refractivity contribution in [3.05, 3.63) is 16.9 Å². The minimum atomic E-state index is 0.360. The number of hydrogen-bond acceptors (Lipinski definition) is 1. The van der Waals surface area contributed by atoms with Crippen LogP contribution in [-0.4, -0.2) is 9.78 Å². The van der Waals surface area contributed by atoms with Crippen LogP contribution in [0.25, 0.3) is 0 Å². The molecular weight excluding hydrogens is 159 g/mol. The first-order chi connectivity index (χ1) is 4.24. The summed E-state index contributed by atoms with van der Waals surface area (Å²) in [7, 11) is 0. The Bertz CT molecular complexity index is 207. The Morgan fingerprint density at radius 2 is 2.44 bits per heavy atom. The van der Waals surface area contributed by atoms with E-state index < -0.39 is 0 Å². The first-order valence-corrected chi connectivity index (χ1v) is 3.41. The SMILES string of the molecule is Cc1cc(Cl)nn1CCl. The summed E-state index contributed by atoms with van der Waals surface area (Å²) in [5, 5.41) is 4.37. The van der Waals surface area contributed by atoms with Gasteiger partial charge in [-0.2, -0.15) is 5.10 Å². The molecule has 0 spiro atoms. The quantitative estimate of drug-likeness (QED) is 0.582.